The van der Waals surface area contributed by atoms with Crippen molar-refractivity contribution in [3.8, 4) is 0 Å². The van der Waals surface area contributed by atoms with Crippen LogP contribution in [0.15, 0.2) is 0 Å². The van der Waals surface area contributed by atoms with Gasteiger partial charge in [0.25, 0.3) is 0 Å². The Bertz CT molecular complexity index is 193. The Kier molecular flexibility index (Phi) is 2.34. The lowest BCUT2D eigenvalue weighted by molar-refractivity contribution is -0.0928. The Balaban J connectivity index is 1.99. The third kappa shape index (κ3) is 1.60. The molecule has 2 aliphatic heterocycles. The van der Waals surface area contributed by atoms with Gasteiger partial charge in [0.05, 0.1) is 5.60 Å². The normalized spacial score (nSPS) is 43.2. The van der Waals surface area contributed by atoms with Gasteiger partial charge in [0.15, 0.2) is 0 Å². The fraction of sp³-hybridized carbons (Fsp3) is 1.00. The van der Waals surface area contributed by atoms with E-state index >= 15 is 0 Å². The lowest BCUT2D eigenvalue weighted by atomic mass is 9.74. The van der Waals surface area contributed by atoms with Gasteiger partial charge in [0.1, 0.15) is 0 Å². The van der Waals surface area contributed by atoms with E-state index in [1.807, 2.05) is 0 Å². The van der Waals surface area contributed by atoms with Crippen molar-refractivity contribution in [2.75, 3.05) is 26.7 Å². The maximum Gasteiger partial charge on any atom is 0.0727 e. The Morgan fingerprint density at radius 1 is 1.46 bits per heavy atom. The fourth-order valence-electron chi connectivity index (χ4n) is 2.40. The van der Waals surface area contributed by atoms with Gasteiger partial charge in [-0.1, -0.05) is 0 Å². The zero-order chi connectivity index (χ0) is 9.47. The van der Waals surface area contributed by atoms with Crippen LogP contribution in [-0.4, -0.2) is 48.3 Å². The molecule has 0 saturated carbocycles. The third-order valence-electron chi connectivity index (χ3n) is 3.84. The van der Waals surface area contributed by atoms with Crippen LogP contribution in [0.4, 0.5) is 0 Å². The highest BCUT2D eigenvalue weighted by molar-refractivity contribution is 4.98. The first-order valence-corrected chi connectivity index (χ1v) is 5.25. The quantitative estimate of drug-likeness (QED) is 0.604. The molecular weight excluding hydrogens is 164 g/mol. The second kappa shape index (κ2) is 3.23. The molecule has 2 fully saturated rings. The van der Waals surface area contributed by atoms with Gasteiger partial charge in [-0.05, 0) is 26.8 Å². The van der Waals surface area contributed by atoms with Crippen molar-refractivity contribution >= 4 is 0 Å². The second-order valence-corrected chi connectivity index (χ2v) is 4.74. The average molecular weight is 184 g/mol. The summed E-state index contributed by atoms with van der Waals surface area (Å²) in [6.45, 7) is 5.25. The van der Waals surface area contributed by atoms with Crippen molar-refractivity contribution in [1.29, 1.82) is 0 Å². The third-order valence-corrected chi connectivity index (χ3v) is 3.84. The van der Waals surface area contributed by atoms with Crippen LogP contribution in [0.1, 0.15) is 19.8 Å². The maximum atomic E-state index is 10.4. The van der Waals surface area contributed by atoms with Crippen molar-refractivity contribution in [2.45, 2.75) is 31.4 Å². The van der Waals surface area contributed by atoms with Crippen molar-refractivity contribution in [3.05, 3.63) is 0 Å². The van der Waals surface area contributed by atoms with E-state index in [-0.39, 0.29) is 5.60 Å². The highest BCUT2D eigenvalue weighted by Crippen LogP contribution is 2.34. The van der Waals surface area contributed by atoms with Crippen molar-refractivity contribution < 1.29 is 5.11 Å². The van der Waals surface area contributed by atoms with Crippen LogP contribution in [0.3, 0.4) is 0 Å². The first-order valence-electron chi connectivity index (χ1n) is 5.25. The summed E-state index contributed by atoms with van der Waals surface area (Å²) in [4.78, 5) is 2.33. The molecule has 0 aromatic rings. The molecule has 2 unspecified atom stereocenters. The Hall–Kier alpha value is -0.120. The minimum atomic E-state index is -0.378. The summed E-state index contributed by atoms with van der Waals surface area (Å²) in [7, 11) is 2.14. The van der Waals surface area contributed by atoms with Gasteiger partial charge in [0.2, 0.25) is 0 Å². The van der Waals surface area contributed by atoms with Gasteiger partial charge in [-0.15, -0.1) is 0 Å². The van der Waals surface area contributed by atoms with Gasteiger partial charge < -0.3 is 15.3 Å². The lowest BCUT2D eigenvalue weighted by Crippen LogP contribution is -2.60. The monoisotopic (exact) mass is 184 g/mol. The molecule has 0 aromatic carbocycles. The molecule has 13 heavy (non-hydrogen) atoms. The lowest BCUT2D eigenvalue weighted by Gasteiger charge is -2.48. The number of likely N-dealkylation sites (tertiary alicyclic amines) is 1. The smallest absolute Gasteiger partial charge is 0.0727 e. The Morgan fingerprint density at radius 2 is 2.15 bits per heavy atom. The van der Waals surface area contributed by atoms with Crippen molar-refractivity contribution in [1.82, 2.24) is 10.2 Å². The maximum absolute atomic E-state index is 10.4. The molecule has 2 aliphatic rings. The van der Waals surface area contributed by atoms with Crippen LogP contribution in [0.5, 0.6) is 0 Å². The molecule has 0 spiro atoms. The molecule has 2 N–H and O–H groups in total. The molecule has 76 valence electrons. The first-order chi connectivity index (χ1) is 6.12. The summed E-state index contributed by atoms with van der Waals surface area (Å²) in [6, 6.07) is 0.527. The number of hydrogen-bond donors (Lipinski definition) is 2. The van der Waals surface area contributed by atoms with E-state index in [0.717, 1.165) is 32.5 Å². The summed E-state index contributed by atoms with van der Waals surface area (Å²) in [5, 5.41) is 13.6. The van der Waals surface area contributed by atoms with E-state index in [0.29, 0.717) is 12.0 Å². The summed E-state index contributed by atoms with van der Waals surface area (Å²) in [5.41, 5.74) is -0.378. The number of rotatable bonds is 1. The molecule has 0 aliphatic carbocycles. The van der Waals surface area contributed by atoms with Gasteiger partial charge in [-0.25, -0.2) is 0 Å². The van der Waals surface area contributed by atoms with Crippen LogP contribution < -0.4 is 5.32 Å². The molecule has 0 radical (unpaired) electrons. The molecular formula is C10H20N2O. The number of nitrogens with zero attached hydrogens (tertiary/aromatic N) is 1. The summed E-state index contributed by atoms with van der Waals surface area (Å²) in [5.74, 6) is 0.503. The summed E-state index contributed by atoms with van der Waals surface area (Å²) < 4.78 is 0. The largest absolute Gasteiger partial charge is 0.389 e. The zero-order valence-electron chi connectivity index (χ0n) is 8.58. The summed E-state index contributed by atoms with van der Waals surface area (Å²) >= 11 is 0. The fourth-order valence-corrected chi connectivity index (χ4v) is 2.40. The molecule has 2 saturated heterocycles. The minimum absolute atomic E-state index is 0.378. The first kappa shape index (κ1) is 9.44. The number of aliphatic hydroxyl groups is 1. The molecule has 2 heterocycles. The molecule has 3 heteroatoms. The predicted octanol–water partition coefficient (Wildman–Crippen LogP) is 0.0510. The van der Waals surface area contributed by atoms with Crippen molar-refractivity contribution in [3.63, 3.8) is 0 Å². The van der Waals surface area contributed by atoms with Gasteiger partial charge in [-0.3, -0.25) is 0 Å². The zero-order valence-corrected chi connectivity index (χ0v) is 8.58. The molecule has 0 amide bonds. The van der Waals surface area contributed by atoms with Gasteiger partial charge in [0, 0.05) is 31.6 Å². The van der Waals surface area contributed by atoms with Crippen LogP contribution in [0.25, 0.3) is 0 Å². The van der Waals surface area contributed by atoms with Gasteiger partial charge in [-0.2, -0.15) is 0 Å². The van der Waals surface area contributed by atoms with E-state index in [1.165, 1.54) is 0 Å². The highest BCUT2D eigenvalue weighted by Gasteiger charge is 2.43. The Morgan fingerprint density at radius 3 is 2.62 bits per heavy atom. The van der Waals surface area contributed by atoms with Crippen LogP contribution >= 0.6 is 0 Å². The van der Waals surface area contributed by atoms with E-state index in [9.17, 15) is 5.11 Å². The predicted molar refractivity (Wildman–Crippen MR) is 52.6 cm³/mol. The molecule has 2 atom stereocenters. The van der Waals surface area contributed by atoms with E-state index in [2.05, 4.69) is 24.2 Å². The molecule has 3 nitrogen and oxygen atoms in total. The van der Waals surface area contributed by atoms with Gasteiger partial charge >= 0.3 is 0 Å². The second-order valence-electron chi connectivity index (χ2n) is 4.74. The SMILES string of the molecule is CC1CC(O)(C2CNC2)CCN1C. The standard InChI is InChI=1S/C10H20N2O/c1-8-5-10(13,3-4-12(8)2)9-6-11-7-9/h8-9,11,13H,3-7H2,1-2H3. The van der Waals surface area contributed by atoms with Crippen LogP contribution in [-0.2, 0) is 0 Å². The molecule has 0 aromatic heterocycles. The van der Waals surface area contributed by atoms with Crippen LogP contribution in [0, 0.1) is 5.92 Å². The molecule has 2 rings (SSSR count). The van der Waals surface area contributed by atoms with Crippen molar-refractivity contribution in [2.24, 2.45) is 5.92 Å². The highest BCUT2D eigenvalue weighted by atomic mass is 16.3. The van der Waals surface area contributed by atoms with E-state index < -0.39 is 0 Å². The summed E-state index contributed by atoms with van der Waals surface area (Å²) in [6.07, 6.45) is 1.88. The average Bonchev–Trinajstić information content (AvgIpc) is 1.94. The van der Waals surface area contributed by atoms with Crippen LogP contribution in [0.2, 0.25) is 0 Å². The van der Waals surface area contributed by atoms with E-state index in [1.54, 1.807) is 0 Å². The molecule has 0 bridgehead atoms. The Labute approximate surface area is 80.1 Å². The number of piperidine rings is 1. The number of hydrogen-bond acceptors (Lipinski definition) is 3. The minimum Gasteiger partial charge on any atom is -0.389 e. The topological polar surface area (TPSA) is 35.5 Å². The number of nitrogens with one attached hydrogen (secondary N) is 1. The van der Waals surface area contributed by atoms with E-state index in [4.69, 9.17) is 0 Å².